The van der Waals surface area contributed by atoms with Crippen molar-refractivity contribution in [2.45, 2.75) is 45.8 Å². The predicted octanol–water partition coefficient (Wildman–Crippen LogP) is 7.27. The third-order valence-electron chi connectivity index (χ3n) is 8.01. The van der Waals surface area contributed by atoms with Gasteiger partial charge in [-0.05, 0) is 86.4 Å². The fourth-order valence-electron chi connectivity index (χ4n) is 5.90. The molecule has 0 saturated carbocycles. The number of ether oxygens (including phenoxy) is 2. The number of aliphatic hydroxyl groups excluding tert-OH is 1. The van der Waals surface area contributed by atoms with Crippen molar-refractivity contribution in [3.63, 3.8) is 0 Å². The fraction of sp³-hybridized carbons (Fsp3) is 0.286. The third kappa shape index (κ3) is 5.91. The van der Waals surface area contributed by atoms with E-state index in [0.717, 1.165) is 37.3 Å². The molecule has 0 saturated heterocycles. The highest BCUT2D eigenvalue weighted by Gasteiger charge is 2.39. The van der Waals surface area contributed by atoms with E-state index in [0.29, 0.717) is 25.1 Å². The number of carbonyl (C=O) groups excluding carboxylic acids is 2. The number of aryl methyl sites for hydroxylation is 1. The molecular formula is C35H35N3O5S. The molecule has 1 amide bonds. The number of nitrogens with zero attached hydrogens (tertiary/aromatic N) is 2. The minimum absolute atomic E-state index is 0.0288. The van der Waals surface area contributed by atoms with Crippen LogP contribution in [0.25, 0.3) is 31.7 Å². The number of rotatable bonds is 9. The topological polar surface area (TPSA) is 103 Å². The lowest BCUT2D eigenvalue weighted by molar-refractivity contribution is -0.164. The monoisotopic (exact) mass is 609 g/mol. The number of fused-ring (bicyclic) bond motifs is 2. The number of hydrogen-bond donors (Lipinski definition) is 2. The highest BCUT2D eigenvalue weighted by molar-refractivity contribution is 7.21. The molecule has 9 heteroatoms. The Hall–Kier alpha value is -4.31. The Balaban J connectivity index is 1.31. The van der Waals surface area contributed by atoms with Crippen LogP contribution in [0.2, 0.25) is 0 Å². The van der Waals surface area contributed by atoms with Crippen molar-refractivity contribution in [2.75, 3.05) is 18.5 Å². The molecule has 6 rings (SSSR count). The highest BCUT2D eigenvalue weighted by atomic mass is 32.1. The number of amides is 1. The van der Waals surface area contributed by atoms with Crippen molar-refractivity contribution in [2.24, 2.45) is 5.92 Å². The van der Waals surface area contributed by atoms with E-state index >= 15 is 0 Å². The van der Waals surface area contributed by atoms with E-state index < -0.39 is 6.29 Å². The SMILES string of the molecule is CCO[C@H]1OC(C(=O)Nc2ccc(-c3nc4ccc(C)cc4s3)cc2)=C[C@@H](c2cn(C(C)=O)c3ccccc23)[C@H]1CCCO. The van der Waals surface area contributed by atoms with Crippen LogP contribution >= 0.6 is 11.3 Å². The molecule has 0 fully saturated rings. The maximum absolute atomic E-state index is 13.6. The maximum atomic E-state index is 13.6. The smallest absolute Gasteiger partial charge is 0.290 e. The lowest BCUT2D eigenvalue weighted by atomic mass is 9.80. The Morgan fingerprint density at radius 3 is 2.66 bits per heavy atom. The first kappa shape index (κ1) is 29.7. The summed E-state index contributed by atoms with van der Waals surface area (Å²) in [6, 6.07) is 21.6. The molecule has 0 aliphatic carbocycles. The Morgan fingerprint density at radius 1 is 1.11 bits per heavy atom. The minimum Gasteiger partial charge on any atom is -0.459 e. The third-order valence-corrected chi connectivity index (χ3v) is 9.08. The molecule has 3 aromatic carbocycles. The number of thiazole rings is 1. The standard InChI is InChI=1S/C35H35N3O5S/c1-4-42-35-26(9-7-17-39)27(28-20-38(22(3)40)30-10-6-5-8-25(28)30)19-31(43-35)33(41)36-24-14-12-23(13-15-24)34-37-29-16-11-21(2)18-32(29)44-34/h5-6,8,10-16,18-20,26-27,35,39H,4,7,9,17H2,1-3H3,(H,36,41)/t26-,27-,35+/m1/s1. The number of para-hydroxylation sites is 1. The van der Waals surface area contributed by atoms with Crippen LogP contribution < -0.4 is 5.32 Å². The molecular weight excluding hydrogens is 574 g/mol. The van der Waals surface area contributed by atoms with Gasteiger partial charge in [-0.2, -0.15) is 0 Å². The number of nitrogens with one attached hydrogen (secondary N) is 1. The molecule has 5 aromatic rings. The van der Waals surface area contributed by atoms with Gasteiger partial charge >= 0.3 is 0 Å². The van der Waals surface area contributed by atoms with Crippen LogP contribution in [0.4, 0.5) is 5.69 Å². The van der Waals surface area contributed by atoms with Crippen LogP contribution in [0.5, 0.6) is 0 Å². The molecule has 0 bridgehead atoms. The summed E-state index contributed by atoms with van der Waals surface area (Å²) in [7, 11) is 0. The van der Waals surface area contributed by atoms with Gasteiger partial charge in [0.05, 0.1) is 15.7 Å². The molecule has 0 radical (unpaired) electrons. The molecule has 1 aliphatic rings. The maximum Gasteiger partial charge on any atom is 0.290 e. The van der Waals surface area contributed by atoms with Crippen LogP contribution in [0, 0.1) is 12.8 Å². The lowest BCUT2D eigenvalue weighted by Crippen LogP contribution is -2.37. The highest BCUT2D eigenvalue weighted by Crippen LogP contribution is 2.42. The Bertz CT molecular complexity index is 1860. The molecule has 3 heterocycles. The van der Waals surface area contributed by atoms with Gasteiger partial charge in [0.2, 0.25) is 12.2 Å². The summed E-state index contributed by atoms with van der Waals surface area (Å²) in [4.78, 5) is 30.9. The molecule has 8 nitrogen and oxygen atoms in total. The number of aromatic nitrogens is 2. The average Bonchev–Trinajstić information content (AvgIpc) is 3.62. The van der Waals surface area contributed by atoms with E-state index in [1.165, 1.54) is 12.5 Å². The molecule has 2 aromatic heterocycles. The Morgan fingerprint density at radius 2 is 1.91 bits per heavy atom. The van der Waals surface area contributed by atoms with E-state index in [1.54, 1.807) is 15.9 Å². The van der Waals surface area contributed by atoms with E-state index in [4.69, 9.17) is 14.5 Å². The average molecular weight is 610 g/mol. The van der Waals surface area contributed by atoms with E-state index in [2.05, 4.69) is 24.4 Å². The number of carbonyl (C=O) groups is 2. The number of aliphatic hydroxyl groups is 1. The number of hydrogen-bond acceptors (Lipinski definition) is 7. The molecule has 226 valence electrons. The van der Waals surface area contributed by atoms with Crippen LogP contribution in [0.15, 0.2) is 84.8 Å². The van der Waals surface area contributed by atoms with Crippen molar-refractivity contribution in [1.82, 2.24) is 9.55 Å². The van der Waals surface area contributed by atoms with Crippen LogP contribution in [0.3, 0.4) is 0 Å². The van der Waals surface area contributed by atoms with Gasteiger partial charge in [0.15, 0.2) is 5.76 Å². The lowest BCUT2D eigenvalue weighted by Gasteiger charge is -2.36. The quantitative estimate of drug-likeness (QED) is 0.182. The second-order valence-electron chi connectivity index (χ2n) is 11.0. The molecule has 2 N–H and O–H groups in total. The molecule has 0 spiro atoms. The summed E-state index contributed by atoms with van der Waals surface area (Å²) in [5.41, 5.74) is 5.48. The van der Waals surface area contributed by atoms with Gasteiger partial charge in [0.25, 0.3) is 5.91 Å². The summed E-state index contributed by atoms with van der Waals surface area (Å²) in [5, 5.41) is 14.5. The minimum atomic E-state index is -0.702. The van der Waals surface area contributed by atoms with Gasteiger partial charge in [0, 0.05) is 54.8 Å². The normalized spacial score (nSPS) is 18.3. The first-order chi connectivity index (χ1) is 21.4. The molecule has 44 heavy (non-hydrogen) atoms. The first-order valence-corrected chi connectivity index (χ1v) is 15.7. The van der Waals surface area contributed by atoms with Gasteiger partial charge in [-0.3, -0.25) is 14.2 Å². The Labute approximate surface area is 259 Å². The molecule has 0 unspecified atom stereocenters. The largest absolute Gasteiger partial charge is 0.459 e. The second kappa shape index (κ2) is 12.7. The van der Waals surface area contributed by atoms with Gasteiger partial charge < -0.3 is 19.9 Å². The zero-order chi connectivity index (χ0) is 30.8. The summed E-state index contributed by atoms with van der Waals surface area (Å²) in [6.07, 6.45) is 4.15. The number of benzene rings is 3. The van der Waals surface area contributed by atoms with Crippen molar-refractivity contribution >= 4 is 50.0 Å². The van der Waals surface area contributed by atoms with Crippen molar-refractivity contribution in [1.29, 1.82) is 0 Å². The van der Waals surface area contributed by atoms with Crippen molar-refractivity contribution in [3.8, 4) is 10.6 Å². The van der Waals surface area contributed by atoms with E-state index in [9.17, 15) is 14.7 Å². The van der Waals surface area contributed by atoms with Gasteiger partial charge in [-0.1, -0.05) is 24.3 Å². The van der Waals surface area contributed by atoms with E-state index in [-0.39, 0.29) is 36.0 Å². The van der Waals surface area contributed by atoms with Crippen molar-refractivity contribution in [3.05, 3.63) is 95.9 Å². The molecule has 3 atom stereocenters. The number of allylic oxidation sites excluding steroid dienone is 1. The zero-order valence-electron chi connectivity index (χ0n) is 24.9. The molecule has 1 aliphatic heterocycles. The van der Waals surface area contributed by atoms with Crippen LogP contribution in [0.1, 0.15) is 48.5 Å². The fourth-order valence-corrected chi connectivity index (χ4v) is 6.97. The number of anilines is 1. The van der Waals surface area contributed by atoms with Crippen LogP contribution in [-0.4, -0.2) is 46.0 Å². The second-order valence-corrected chi connectivity index (χ2v) is 12.1. The van der Waals surface area contributed by atoms with Gasteiger partial charge in [-0.15, -0.1) is 11.3 Å². The zero-order valence-corrected chi connectivity index (χ0v) is 25.8. The van der Waals surface area contributed by atoms with Gasteiger partial charge in [0.1, 0.15) is 5.01 Å². The van der Waals surface area contributed by atoms with Crippen LogP contribution in [-0.2, 0) is 14.3 Å². The predicted molar refractivity (Wildman–Crippen MR) is 174 cm³/mol. The first-order valence-electron chi connectivity index (χ1n) is 14.9. The van der Waals surface area contributed by atoms with Crippen molar-refractivity contribution < 1.29 is 24.2 Å². The summed E-state index contributed by atoms with van der Waals surface area (Å²) < 4.78 is 15.0. The van der Waals surface area contributed by atoms with E-state index in [1.807, 2.05) is 73.8 Å². The Kier molecular flexibility index (Phi) is 8.61. The summed E-state index contributed by atoms with van der Waals surface area (Å²) in [6.45, 7) is 5.91. The summed E-state index contributed by atoms with van der Waals surface area (Å²) >= 11 is 1.64. The van der Waals surface area contributed by atoms with Gasteiger partial charge in [-0.25, -0.2) is 4.98 Å². The summed E-state index contributed by atoms with van der Waals surface area (Å²) in [5.74, 6) is -0.804.